The van der Waals surface area contributed by atoms with Crippen LogP contribution in [0.1, 0.15) is 32.1 Å². The molecule has 0 radical (unpaired) electrons. The molecule has 1 saturated carbocycles. The second-order valence-electron chi connectivity index (χ2n) is 4.95. The van der Waals surface area contributed by atoms with Gasteiger partial charge >= 0.3 is 6.03 Å². The maximum atomic E-state index is 11.8. The Kier molecular flexibility index (Phi) is 2.38. The number of imide groups is 1. The maximum Gasteiger partial charge on any atom is 0.322 e. The second kappa shape index (κ2) is 3.68. The summed E-state index contributed by atoms with van der Waals surface area (Å²) >= 11 is 0. The first kappa shape index (κ1) is 11.0. The van der Waals surface area contributed by atoms with E-state index in [0.717, 1.165) is 6.42 Å². The number of urea groups is 1. The molecule has 2 N–H and O–H groups in total. The van der Waals surface area contributed by atoms with Crippen LogP contribution in [0.2, 0.25) is 0 Å². The van der Waals surface area contributed by atoms with Gasteiger partial charge in [-0.3, -0.25) is 10.1 Å². The maximum absolute atomic E-state index is 11.8. The zero-order valence-corrected chi connectivity index (χ0v) is 9.58. The monoisotopic (exact) mass is 240 g/mol. The average Bonchev–Trinajstić information content (AvgIpc) is 2.60. The number of hydrogen-bond donors (Lipinski definition) is 2. The van der Waals surface area contributed by atoms with Crippen LogP contribution in [0.4, 0.5) is 4.79 Å². The smallest absolute Gasteiger partial charge is 0.322 e. The molecule has 6 heteroatoms. The van der Waals surface area contributed by atoms with E-state index in [1.807, 2.05) is 0 Å². The highest BCUT2D eigenvalue weighted by Crippen LogP contribution is 2.40. The summed E-state index contributed by atoms with van der Waals surface area (Å²) in [6.45, 7) is 1.43. The minimum absolute atomic E-state index is 0.215. The molecule has 94 valence electrons. The van der Waals surface area contributed by atoms with Gasteiger partial charge in [0.25, 0.3) is 5.91 Å². The fraction of sp³-hybridized carbons (Fsp3) is 0.818. The number of carbonyl (C=O) groups is 2. The minimum atomic E-state index is -0.730. The van der Waals surface area contributed by atoms with Crippen molar-refractivity contribution < 1.29 is 19.1 Å². The summed E-state index contributed by atoms with van der Waals surface area (Å²) in [7, 11) is 0. The molecular weight excluding hydrogens is 224 g/mol. The molecule has 0 atom stereocenters. The normalized spacial score (nSPS) is 30.4. The summed E-state index contributed by atoms with van der Waals surface area (Å²) < 4.78 is 11.4. The predicted molar refractivity (Wildman–Crippen MR) is 57.1 cm³/mol. The number of carbonyl (C=O) groups excluding carboxylic acids is 2. The topological polar surface area (TPSA) is 76.7 Å². The van der Waals surface area contributed by atoms with E-state index in [4.69, 9.17) is 9.47 Å². The standard InChI is InChI=1S/C11H16N2O4/c14-8-10(13-9(15)12-8)2-4-11(5-3-10)16-6-1-7-17-11/h1-7H2,(H2,12,13,14,15). The van der Waals surface area contributed by atoms with Crippen LogP contribution >= 0.6 is 0 Å². The van der Waals surface area contributed by atoms with Crippen LogP contribution in [0, 0.1) is 0 Å². The Labute approximate surface area is 99.0 Å². The van der Waals surface area contributed by atoms with Gasteiger partial charge in [0.1, 0.15) is 5.54 Å². The summed E-state index contributed by atoms with van der Waals surface area (Å²) in [6, 6.07) is -0.392. The summed E-state index contributed by atoms with van der Waals surface area (Å²) in [5.41, 5.74) is -0.730. The minimum Gasteiger partial charge on any atom is -0.350 e. The van der Waals surface area contributed by atoms with Crippen LogP contribution < -0.4 is 10.6 Å². The SMILES string of the molecule is O=C1NC(=O)C2(CCC3(CC2)OCCCO3)N1. The molecule has 1 aliphatic carbocycles. The molecule has 2 saturated heterocycles. The van der Waals surface area contributed by atoms with Gasteiger partial charge in [0.15, 0.2) is 5.79 Å². The van der Waals surface area contributed by atoms with Gasteiger partial charge in [0, 0.05) is 12.8 Å². The van der Waals surface area contributed by atoms with Crippen LogP contribution in [0.15, 0.2) is 0 Å². The van der Waals surface area contributed by atoms with E-state index in [1.54, 1.807) is 0 Å². The Balaban J connectivity index is 1.71. The number of ether oxygens (including phenoxy) is 2. The Morgan fingerprint density at radius 1 is 1.00 bits per heavy atom. The molecular formula is C11H16N2O4. The highest BCUT2D eigenvalue weighted by molar-refractivity contribution is 6.07. The lowest BCUT2D eigenvalue weighted by atomic mass is 9.78. The van der Waals surface area contributed by atoms with Crippen molar-refractivity contribution >= 4 is 11.9 Å². The molecule has 0 aromatic heterocycles. The third-order valence-electron chi connectivity index (χ3n) is 3.90. The van der Waals surface area contributed by atoms with Crippen molar-refractivity contribution in [1.29, 1.82) is 0 Å². The summed E-state index contributed by atoms with van der Waals surface area (Å²) in [5.74, 6) is -0.731. The molecule has 6 nitrogen and oxygen atoms in total. The molecule has 0 bridgehead atoms. The van der Waals surface area contributed by atoms with E-state index in [9.17, 15) is 9.59 Å². The van der Waals surface area contributed by atoms with Gasteiger partial charge in [-0.05, 0) is 19.3 Å². The van der Waals surface area contributed by atoms with E-state index in [2.05, 4.69) is 10.6 Å². The zero-order valence-electron chi connectivity index (χ0n) is 9.58. The summed E-state index contributed by atoms with van der Waals surface area (Å²) in [5, 5.41) is 5.03. The quantitative estimate of drug-likeness (QED) is 0.596. The molecule has 0 aromatic rings. The first-order chi connectivity index (χ1) is 8.14. The Bertz CT molecular complexity index is 352. The van der Waals surface area contributed by atoms with E-state index in [1.165, 1.54) is 0 Å². The number of rotatable bonds is 0. The average molecular weight is 240 g/mol. The van der Waals surface area contributed by atoms with Crippen LogP contribution in [-0.4, -0.2) is 36.5 Å². The van der Waals surface area contributed by atoms with Crippen molar-refractivity contribution in [3.05, 3.63) is 0 Å². The zero-order chi connectivity index (χ0) is 11.9. The third-order valence-corrected chi connectivity index (χ3v) is 3.90. The molecule has 2 spiro atoms. The molecule has 3 amide bonds. The number of hydrogen-bond acceptors (Lipinski definition) is 4. The van der Waals surface area contributed by atoms with Gasteiger partial charge in [-0.15, -0.1) is 0 Å². The predicted octanol–water partition coefficient (Wildman–Crippen LogP) is 0.272. The highest BCUT2D eigenvalue weighted by atomic mass is 16.7. The van der Waals surface area contributed by atoms with Gasteiger partial charge in [-0.1, -0.05) is 0 Å². The third kappa shape index (κ3) is 1.71. The number of nitrogens with one attached hydrogen (secondary N) is 2. The molecule has 17 heavy (non-hydrogen) atoms. The Hall–Kier alpha value is -1.14. The molecule has 0 aromatic carbocycles. The van der Waals surface area contributed by atoms with E-state index in [-0.39, 0.29) is 5.91 Å². The lowest BCUT2D eigenvalue weighted by molar-refractivity contribution is -0.283. The second-order valence-corrected chi connectivity index (χ2v) is 4.95. The van der Waals surface area contributed by atoms with Gasteiger partial charge in [0.2, 0.25) is 0 Å². The highest BCUT2D eigenvalue weighted by Gasteiger charge is 2.53. The van der Waals surface area contributed by atoms with E-state index < -0.39 is 17.4 Å². The fourth-order valence-electron chi connectivity index (χ4n) is 2.84. The molecule has 0 unspecified atom stereocenters. The Morgan fingerprint density at radius 2 is 1.65 bits per heavy atom. The van der Waals surface area contributed by atoms with Crippen molar-refractivity contribution in [3.8, 4) is 0 Å². The van der Waals surface area contributed by atoms with Crippen molar-refractivity contribution in [2.24, 2.45) is 0 Å². The molecule has 3 rings (SSSR count). The molecule has 3 fully saturated rings. The van der Waals surface area contributed by atoms with Crippen molar-refractivity contribution in [1.82, 2.24) is 10.6 Å². The van der Waals surface area contributed by atoms with E-state index in [0.29, 0.717) is 38.9 Å². The van der Waals surface area contributed by atoms with Gasteiger partial charge in [-0.25, -0.2) is 4.79 Å². The van der Waals surface area contributed by atoms with Crippen LogP contribution in [0.5, 0.6) is 0 Å². The fourth-order valence-corrected chi connectivity index (χ4v) is 2.84. The first-order valence-electron chi connectivity index (χ1n) is 6.06. The lowest BCUT2D eigenvalue weighted by Crippen LogP contribution is -2.55. The lowest BCUT2D eigenvalue weighted by Gasteiger charge is -2.44. The van der Waals surface area contributed by atoms with Gasteiger partial charge in [-0.2, -0.15) is 0 Å². The number of amides is 3. The molecule has 3 aliphatic rings. The van der Waals surface area contributed by atoms with Crippen molar-refractivity contribution in [2.45, 2.75) is 43.4 Å². The van der Waals surface area contributed by atoms with Crippen molar-refractivity contribution in [3.63, 3.8) is 0 Å². The van der Waals surface area contributed by atoms with Crippen LogP contribution in [-0.2, 0) is 14.3 Å². The summed E-state index contributed by atoms with van der Waals surface area (Å²) in [4.78, 5) is 22.9. The van der Waals surface area contributed by atoms with Gasteiger partial charge < -0.3 is 14.8 Å². The largest absolute Gasteiger partial charge is 0.350 e. The molecule has 2 aliphatic heterocycles. The van der Waals surface area contributed by atoms with E-state index >= 15 is 0 Å². The van der Waals surface area contributed by atoms with Crippen LogP contribution in [0.25, 0.3) is 0 Å². The first-order valence-corrected chi connectivity index (χ1v) is 6.06. The van der Waals surface area contributed by atoms with Crippen LogP contribution in [0.3, 0.4) is 0 Å². The Morgan fingerprint density at radius 3 is 2.18 bits per heavy atom. The van der Waals surface area contributed by atoms with Crippen molar-refractivity contribution in [2.75, 3.05) is 13.2 Å². The molecule has 2 heterocycles. The van der Waals surface area contributed by atoms with Gasteiger partial charge in [0.05, 0.1) is 13.2 Å². The summed E-state index contributed by atoms with van der Waals surface area (Å²) in [6.07, 6.45) is 3.38.